The van der Waals surface area contributed by atoms with Crippen LogP contribution in [-0.2, 0) is 6.54 Å². The van der Waals surface area contributed by atoms with Gasteiger partial charge in [0, 0.05) is 42.8 Å². The van der Waals surface area contributed by atoms with Crippen molar-refractivity contribution in [1.29, 1.82) is 0 Å². The average molecular weight is 434 g/mol. The number of fused-ring (bicyclic) bond motifs is 3. The third-order valence-electron chi connectivity index (χ3n) is 6.08. The van der Waals surface area contributed by atoms with Crippen LogP contribution in [-0.4, -0.2) is 64.4 Å². The van der Waals surface area contributed by atoms with Crippen molar-refractivity contribution in [2.45, 2.75) is 19.5 Å². The van der Waals surface area contributed by atoms with E-state index in [0.29, 0.717) is 35.4 Å². The van der Waals surface area contributed by atoms with Crippen LogP contribution in [0.1, 0.15) is 12.7 Å². The summed E-state index contributed by atoms with van der Waals surface area (Å²) in [6.45, 7) is 5.65. The van der Waals surface area contributed by atoms with Gasteiger partial charge >= 0.3 is 0 Å². The molecular weight excluding hydrogens is 406 g/mol. The molecule has 1 aliphatic rings. The van der Waals surface area contributed by atoms with Gasteiger partial charge in [-0.05, 0) is 31.2 Å². The molecule has 1 saturated heterocycles. The third-order valence-corrected chi connectivity index (χ3v) is 6.08. The van der Waals surface area contributed by atoms with Crippen LogP contribution in [0.3, 0.4) is 0 Å². The Hall–Kier alpha value is -3.59. The summed E-state index contributed by atoms with van der Waals surface area (Å²) in [6.07, 6.45) is 0. The van der Waals surface area contributed by atoms with E-state index in [0.717, 1.165) is 36.6 Å². The summed E-state index contributed by atoms with van der Waals surface area (Å²) in [4.78, 5) is 14.1. The van der Waals surface area contributed by atoms with Gasteiger partial charge in [-0.25, -0.2) is 9.97 Å². The van der Waals surface area contributed by atoms with E-state index in [1.807, 2.05) is 30.3 Å². The number of nitrogen functional groups attached to an aromatic ring is 1. The maximum atomic E-state index is 6.19. The van der Waals surface area contributed by atoms with Crippen LogP contribution in [0, 0.1) is 0 Å². The van der Waals surface area contributed by atoms with Crippen molar-refractivity contribution < 1.29 is 9.47 Å². The minimum Gasteiger partial charge on any atom is -0.497 e. The van der Waals surface area contributed by atoms with Crippen molar-refractivity contribution in [3.05, 3.63) is 48.3 Å². The van der Waals surface area contributed by atoms with Gasteiger partial charge in [-0.1, -0.05) is 12.1 Å². The molecule has 2 aromatic carbocycles. The van der Waals surface area contributed by atoms with E-state index in [-0.39, 0.29) is 0 Å². The molecule has 1 aliphatic heterocycles. The number of methoxy groups -OCH3 is 2. The Labute approximate surface area is 186 Å². The molecule has 1 atom stereocenters. The van der Waals surface area contributed by atoms with E-state index in [2.05, 4.69) is 38.9 Å². The van der Waals surface area contributed by atoms with Crippen LogP contribution >= 0.6 is 0 Å². The molecule has 0 saturated carbocycles. The minimum atomic E-state index is 0.298. The van der Waals surface area contributed by atoms with Gasteiger partial charge in [0.25, 0.3) is 0 Å². The van der Waals surface area contributed by atoms with E-state index >= 15 is 0 Å². The minimum absolute atomic E-state index is 0.298. The number of hydrogen-bond acceptors (Lipinski definition) is 8. The molecule has 0 unspecified atom stereocenters. The number of piperazine rings is 1. The molecule has 32 heavy (non-hydrogen) atoms. The molecule has 166 valence electrons. The lowest BCUT2D eigenvalue weighted by atomic mass is 10.1. The van der Waals surface area contributed by atoms with Crippen molar-refractivity contribution in [3.8, 4) is 11.5 Å². The molecule has 0 radical (unpaired) electrons. The lowest BCUT2D eigenvalue weighted by Gasteiger charge is -2.40. The first-order valence-corrected chi connectivity index (χ1v) is 10.7. The topological polar surface area (TPSA) is 94.0 Å². The van der Waals surface area contributed by atoms with Crippen LogP contribution < -0.4 is 20.1 Å². The van der Waals surface area contributed by atoms with Gasteiger partial charge in [-0.15, -0.1) is 5.10 Å². The van der Waals surface area contributed by atoms with E-state index in [1.54, 1.807) is 18.7 Å². The number of ether oxygens (including phenoxy) is 2. The molecule has 2 N–H and O–H groups in total. The Kier molecular flexibility index (Phi) is 5.18. The van der Waals surface area contributed by atoms with Crippen LogP contribution in [0.25, 0.3) is 16.6 Å². The van der Waals surface area contributed by atoms with Gasteiger partial charge in [0.2, 0.25) is 5.95 Å². The molecular formula is C23H27N7O2. The predicted molar refractivity (Wildman–Crippen MR) is 124 cm³/mol. The van der Waals surface area contributed by atoms with Crippen LogP contribution in [0.5, 0.6) is 11.5 Å². The maximum Gasteiger partial charge on any atom is 0.223 e. The fraction of sp³-hybridized carbons (Fsp3) is 0.348. The fourth-order valence-electron chi connectivity index (χ4n) is 4.35. The SMILES string of the molecule is COc1cccc(N2CCN(Cc3nc4c5cccc(OC)c5nc(N)n4n3)[C@H](C)C2)c1. The van der Waals surface area contributed by atoms with E-state index in [4.69, 9.17) is 20.2 Å². The maximum absolute atomic E-state index is 6.19. The largest absolute Gasteiger partial charge is 0.497 e. The number of nitrogens with zero attached hydrogens (tertiary/aromatic N) is 6. The molecule has 9 heteroatoms. The first kappa shape index (κ1) is 20.3. The highest BCUT2D eigenvalue weighted by Crippen LogP contribution is 2.28. The fourth-order valence-corrected chi connectivity index (χ4v) is 4.35. The standard InChI is InChI=1S/C23H27N7O2/c1-15-13-29(16-6-4-7-17(12-16)31-2)11-10-28(15)14-20-25-22-18-8-5-9-19(32-3)21(18)26-23(24)30(22)27-20/h4-9,12,15H,10-11,13-14H2,1-3H3,(H2,24,26)/t15-/m1/s1. The second-order valence-electron chi connectivity index (χ2n) is 8.06. The lowest BCUT2D eigenvalue weighted by molar-refractivity contribution is 0.177. The highest BCUT2D eigenvalue weighted by molar-refractivity contribution is 5.95. The zero-order valence-corrected chi connectivity index (χ0v) is 18.5. The normalized spacial score (nSPS) is 17.2. The van der Waals surface area contributed by atoms with Gasteiger partial charge in [-0.3, -0.25) is 4.90 Å². The van der Waals surface area contributed by atoms with Crippen LogP contribution in [0.15, 0.2) is 42.5 Å². The van der Waals surface area contributed by atoms with Gasteiger partial charge in [-0.2, -0.15) is 4.52 Å². The summed E-state index contributed by atoms with van der Waals surface area (Å²) < 4.78 is 12.4. The highest BCUT2D eigenvalue weighted by atomic mass is 16.5. The second kappa shape index (κ2) is 8.16. The Morgan fingerprint density at radius 1 is 1.06 bits per heavy atom. The van der Waals surface area contributed by atoms with E-state index in [9.17, 15) is 0 Å². The van der Waals surface area contributed by atoms with Crippen LogP contribution in [0.4, 0.5) is 11.6 Å². The quantitative estimate of drug-likeness (QED) is 0.513. The van der Waals surface area contributed by atoms with E-state index in [1.165, 1.54) is 5.69 Å². The number of nitrogens with two attached hydrogens (primary N) is 1. The molecule has 4 aromatic rings. The summed E-state index contributed by atoms with van der Waals surface area (Å²) in [5.74, 6) is 2.58. The lowest BCUT2D eigenvalue weighted by Crippen LogP contribution is -2.51. The van der Waals surface area contributed by atoms with Crippen LogP contribution in [0.2, 0.25) is 0 Å². The van der Waals surface area contributed by atoms with Gasteiger partial charge in [0.05, 0.1) is 20.8 Å². The molecule has 0 spiro atoms. The molecule has 0 amide bonds. The van der Waals surface area contributed by atoms with Crippen molar-refractivity contribution in [2.24, 2.45) is 0 Å². The number of hydrogen-bond donors (Lipinski definition) is 1. The average Bonchev–Trinajstić information content (AvgIpc) is 3.25. The third kappa shape index (κ3) is 3.54. The number of benzene rings is 2. The van der Waals surface area contributed by atoms with Crippen molar-refractivity contribution in [2.75, 3.05) is 44.5 Å². The van der Waals surface area contributed by atoms with Gasteiger partial charge in [0.1, 0.15) is 17.0 Å². The first-order valence-electron chi connectivity index (χ1n) is 10.7. The summed E-state index contributed by atoms with van der Waals surface area (Å²) >= 11 is 0. The van der Waals surface area contributed by atoms with E-state index < -0.39 is 0 Å². The molecule has 0 aliphatic carbocycles. The van der Waals surface area contributed by atoms with Crippen molar-refractivity contribution in [3.63, 3.8) is 0 Å². The summed E-state index contributed by atoms with van der Waals surface area (Å²) in [7, 11) is 3.32. The Morgan fingerprint density at radius 2 is 1.91 bits per heavy atom. The Morgan fingerprint density at radius 3 is 2.69 bits per heavy atom. The molecule has 0 bridgehead atoms. The van der Waals surface area contributed by atoms with Gasteiger partial charge in [0.15, 0.2) is 11.5 Å². The second-order valence-corrected chi connectivity index (χ2v) is 8.06. The Bertz CT molecular complexity index is 1270. The number of rotatable bonds is 5. The smallest absolute Gasteiger partial charge is 0.223 e. The molecule has 2 aromatic heterocycles. The molecule has 9 nitrogen and oxygen atoms in total. The van der Waals surface area contributed by atoms with Crippen molar-refractivity contribution >= 4 is 28.2 Å². The first-order chi connectivity index (χ1) is 15.6. The summed E-state index contributed by atoms with van der Waals surface area (Å²) in [5, 5.41) is 5.52. The Balaban J connectivity index is 1.38. The predicted octanol–water partition coefficient (Wildman–Crippen LogP) is 2.59. The molecule has 3 heterocycles. The number of para-hydroxylation sites is 1. The molecule has 1 fully saturated rings. The number of anilines is 2. The highest BCUT2D eigenvalue weighted by Gasteiger charge is 2.26. The summed E-state index contributed by atoms with van der Waals surface area (Å²) in [5.41, 5.74) is 8.76. The number of aromatic nitrogens is 4. The van der Waals surface area contributed by atoms with Crippen molar-refractivity contribution in [1.82, 2.24) is 24.5 Å². The zero-order chi connectivity index (χ0) is 22.2. The monoisotopic (exact) mass is 433 g/mol. The van der Waals surface area contributed by atoms with Gasteiger partial charge < -0.3 is 20.1 Å². The summed E-state index contributed by atoms with van der Waals surface area (Å²) in [6, 6.07) is 14.3. The zero-order valence-electron chi connectivity index (χ0n) is 18.5. The molecule has 5 rings (SSSR count).